The fraction of sp³-hybridized carbons (Fsp3) is 0.667. The first-order valence-electron chi connectivity index (χ1n) is 6.01. The van der Waals surface area contributed by atoms with Crippen molar-refractivity contribution in [2.45, 2.75) is 44.4 Å². The lowest BCUT2D eigenvalue weighted by Gasteiger charge is -2.33. The molecule has 102 valence electrons. The van der Waals surface area contributed by atoms with E-state index >= 15 is 0 Å². The molecule has 0 spiro atoms. The van der Waals surface area contributed by atoms with Crippen molar-refractivity contribution >= 4 is 22.9 Å². The van der Waals surface area contributed by atoms with Gasteiger partial charge < -0.3 is 5.32 Å². The fourth-order valence-corrected chi connectivity index (χ4v) is 3.48. The van der Waals surface area contributed by atoms with Gasteiger partial charge in [-0.1, -0.05) is 24.4 Å². The van der Waals surface area contributed by atoms with E-state index in [0.29, 0.717) is 23.7 Å². The van der Waals surface area contributed by atoms with Crippen LogP contribution in [0.4, 0.5) is 13.2 Å². The minimum absolute atomic E-state index is 0.242. The first-order chi connectivity index (χ1) is 8.47. The highest BCUT2D eigenvalue weighted by atomic mass is 35.5. The second-order valence-corrected chi connectivity index (χ2v) is 6.43. The van der Waals surface area contributed by atoms with E-state index in [0.717, 1.165) is 11.3 Å². The summed E-state index contributed by atoms with van der Waals surface area (Å²) in [5.74, 6) is -1.21. The van der Waals surface area contributed by atoms with E-state index in [-0.39, 0.29) is 6.42 Å². The average Bonchev–Trinajstić information content (AvgIpc) is 2.72. The van der Waals surface area contributed by atoms with E-state index in [1.807, 2.05) is 6.07 Å². The number of halogens is 4. The zero-order valence-corrected chi connectivity index (χ0v) is 11.3. The molecule has 0 aliphatic heterocycles. The average molecular weight is 298 g/mol. The maximum Gasteiger partial charge on any atom is 0.393 e. The van der Waals surface area contributed by atoms with Gasteiger partial charge >= 0.3 is 6.18 Å². The molecule has 1 heterocycles. The summed E-state index contributed by atoms with van der Waals surface area (Å²) in [4.78, 5) is 0.978. The minimum Gasteiger partial charge on any atom is -0.308 e. The summed E-state index contributed by atoms with van der Waals surface area (Å²) in [6, 6.07) is 3.16. The van der Waals surface area contributed by atoms with Gasteiger partial charge in [-0.05, 0) is 25.0 Å². The Kier molecular flexibility index (Phi) is 4.56. The summed E-state index contributed by atoms with van der Waals surface area (Å²) in [5, 5.41) is 3.04. The van der Waals surface area contributed by atoms with Gasteiger partial charge in [0.15, 0.2) is 0 Å². The smallest absolute Gasteiger partial charge is 0.308 e. The molecule has 2 rings (SSSR count). The molecule has 0 bridgehead atoms. The lowest BCUT2D eigenvalue weighted by molar-refractivity contribution is -0.189. The summed E-state index contributed by atoms with van der Waals surface area (Å²) in [5.41, 5.74) is 0. The standard InChI is InChI=1S/C12H15ClF3NS/c13-11-6-5-8(18-11)7-17-10-4-2-1-3-9(10)12(14,15)16/h5-6,9-10,17H,1-4,7H2. The van der Waals surface area contributed by atoms with E-state index in [9.17, 15) is 13.2 Å². The van der Waals surface area contributed by atoms with Crippen LogP contribution >= 0.6 is 22.9 Å². The minimum atomic E-state index is -4.09. The predicted molar refractivity (Wildman–Crippen MR) is 68.0 cm³/mol. The molecule has 2 atom stereocenters. The molecule has 1 aromatic rings. The van der Waals surface area contributed by atoms with E-state index in [4.69, 9.17) is 11.6 Å². The van der Waals surface area contributed by atoms with Gasteiger partial charge in [-0.3, -0.25) is 0 Å². The normalized spacial score (nSPS) is 25.3. The number of hydrogen-bond donors (Lipinski definition) is 1. The molecule has 2 unspecified atom stereocenters. The van der Waals surface area contributed by atoms with Crippen LogP contribution in [0.1, 0.15) is 30.6 Å². The van der Waals surface area contributed by atoms with E-state index in [2.05, 4.69) is 5.32 Å². The maximum absolute atomic E-state index is 12.9. The first kappa shape index (κ1) is 14.2. The molecule has 0 amide bonds. The molecule has 0 aromatic carbocycles. The van der Waals surface area contributed by atoms with E-state index in [1.54, 1.807) is 6.07 Å². The van der Waals surface area contributed by atoms with Crippen LogP contribution in [-0.2, 0) is 6.54 Å². The molecule has 1 nitrogen and oxygen atoms in total. The summed E-state index contributed by atoms with van der Waals surface area (Å²) in [6.45, 7) is 0.467. The van der Waals surface area contributed by atoms with Crippen LogP contribution in [0.15, 0.2) is 12.1 Å². The molecule has 0 saturated heterocycles. The van der Waals surface area contributed by atoms with Crippen molar-refractivity contribution < 1.29 is 13.2 Å². The van der Waals surface area contributed by atoms with Crippen LogP contribution in [0.3, 0.4) is 0 Å². The Bertz CT molecular complexity index is 391. The molecule has 1 saturated carbocycles. The van der Waals surface area contributed by atoms with Gasteiger partial charge in [0.05, 0.1) is 10.3 Å². The highest BCUT2D eigenvalue weighted by Gasteiger charge is 2.45. The zero-order valence-electron chi connectivity index (χ0n) is 9.77. The van der Waals surface area contributed by atoms with Gasteiger partial charge in [-0.25, -0.2) is 0 Å². The Hall–Kier alpha value is -0.260. The third-order valence-corrected chi connectivity index (χ3v) is 4.58. The second kappa shape index (κ2) is 5.80. The van der Waals surface area contributed by atoms with Crippen LogP contribution in [0.5, 0.6) is 0 Å². The lowest BCUT2D eigenvalue weighted by atomic mass is 9.84. The Morgan fingerprint density at radius 1 is 1.28 bits per heavy atom. The Labute approximate surface area is 113 Å². The molecule has 1 fully saturated rings. The number of nitrogens with one attached hydrogen (secondary N) is 1. The summed E-state index contributed by atoms with van der Waals surface area (Å²) in [7, 11) is 0. The Morgan fingerprint density at radius 3 is 2.61 bits per heavy atom. The van der Waals surface area contributed by atoms with Gasteiger partial charge in [0, 0.05) is 17.5 Å². The van der Waals surface area contributed by atoms with Crippen molar-refractivity contribution in [1.82, 2.24) is 5.32 Å². The molecule has 18 heavy (non-hydrogen) atoms. The Balaban J connectivity index is 1.93. The quantitative estimate of drug-likeness (QED) is 0.859. The van der Waals surface area contributed by atoms with Gasteiger partial charge in [0.1, 0.15) is 0 Å². The van der Waals surface area contributed by atoms with Gasteiger partial charge in [-0.15, -0.1) is 11.3 Å². The van der Waals surface area contributed by atoms with E-state index < -0.39 is 18.1 Å². The van der Waals surface area contributed by atoms with Crippen LogP contribution in [0.2, 0.25) is 4.34 Å². The van der Waals surface area contributed by atoms with Crippen LogP contribution in [-0.4, -0.2) is 12.2 Å². The van der Waals surface area contributed by atoms with Gasteiger partial charge in [0.2, 0.25) is 0 Å². The molecule has 1 aromatic heterocycles. The molecule has 1 aliphatic rings. The number of alkyl halides is 3. The Morgan fingerprint density at radius 2 is 2.00 bits per heavy atom. The van der Waals surface area contributed by atoms with Crippen molar-refractivity contribution in [2.24, 2.45) is 5.92 Å². The number of hydrogen-bond acceptors (Lipinski definition) is 2. The predicted octanol–water partition coefficient (Wildman–Crippen LogP) is 4.61. The van der Waals surface area contributed by atoms with Crippen molar-refractivity contribution in [1.29, 1.82) is 0 Å². The van der Waals surface area contributed by atoms with Gasteiger partial charge in [-0.2, -0.15) is 13.2 Å². The van der Waals surface area contributed by atoms with Crippen molar-refractivity contribution in [3.05, 3.63) is 21.3 Å². The molecule has 0 radical (unpaired) electrons. The highest BCUT2D eigenvalue weighted by molar-refractivity contribution is 7.16. The number of thiophene rings is 1. The third kappa shape index (κ3) is 3.62. The third-order valence-electron chi connectivity index (χ3n) is 3.35. The zero-order chi connectivity index (χ0) is 13.2. The van der Waals surface area contributed by atoms with Crippen molar-refractivity contribution in [3.8, 4) is 0 Å². The summed E-state index contributed by atoms with van der Waals surface area (Å²) in [6.07, 6.45) is -1.70. The topological polar surface area (TPSA) is 12.0 Å². The van der Waals surface area contributed by atoms with Crippen LogP contribution in [0, 0.1) is 5.92 Å². The van der Waals surface area contributed by atoms with Crippen molar-refractivity contribution in [2.75, 3.05) is 0 Å². The summed E-state index contributed by atoms with van der Waals surface area (Å²) >= 11 is 7.20. The fourth-order valence-electron chi connectivity index (χ4n) is 2.45. The van der Waals surface area contributed by atoms with E-state index in [1.165, 1.54) is 11.3 Å². The summed E-state index contributed by atoms with van der Waals surface area (Å²) < 4.78 is 39.3. The van der Waals surface area contributed by atoms with Crippen molar-refractivity contribution in [3.63, 3.8) is 0 Å². The largest absolute Gasteiger partial charge is 0.393 e. The van der Waals surface area contributed by atoms with Gasteiger partial charge in [0.25, 0.3) is 0 Å². The maximum atomic E-state index is 12.9. The molecule has 1 N–H and O–H groups in total. The highest BCUT2D eigenvalue weighted by Crippen LogP contribution is 2.38. The SMILES string of the molecule is FC(F)(F)C1CCCCC1NCc1ccc(Cl)s1. The lowest BCUT2D eigenvalue weighted by Crippen LogP contribution is -2.45. The molecule has 1 aliphatic carbocycles. The molecular formula is C12H15ClF3NS. The molecular weight excluding hydrogens is 283 g/mol. The van der Waals surface area contributed by atoms with Crippen LogP contribution in [0.25, 0.3) is 0 Å². The first-order valence-corrected chi connectivity index (χ1v) is 7.20. The number of rotatable bonds is 3. The monoisotopic (exact) mass is 297 g/mol. The van der Waals surface area contributed by atoms with Crippen LogP contribution < -0.4 is 5.32 Å². The molecule has 6 heteroatoms. The second-order valence-electron chi connectivity index (χ2n) is 4.63.